The highest BCUT2D eigenvalue weighted by molar-refractivity contribution is 7.94. The molecule has 0 spiro atoms. The lowest BCUT2D eigenvalue weighted by Crippen LogP contribution is -2.22. The van der Waals surface area contributed by atoms with Gasteiger partial charge in [0, 0.05) is 0 Å². The molecule has 0 saturated heterocycles. The van der Waals surface area contributed by atoms with E-state index in [-0.39, 0.29) is 18.0 Å². The van der Waals surface area contributed by atoms with Gasteiger partial charge < -0.3 is 0 Å². The van der Waals surface area contributed by atoms with Crippen molar-refractivity contribution >= 4 is 21.9 Å². The predicted molar refractivity (Wildman–Crippen MR) is 75.6 cm³/mol. The lowest BCUT2D eigenvalue weighted by molar-refractivity contribution is -0.432. The maximum Gasteiger partial charge on any atom is 0.184 e. The molecule has 0 aliphatic heterocycles. The molecule has 0 bridgehead atoms. The second-order valence-corrected chi connectivity index (χ2v) is 8.11. The Hall–Kier alpha value is -0.880. The van der Waals surface area contributed by atoms with Crippen LogP contribution in [0.25, 0.3) is 0 Å². The molecule has 1 N–H and O–H groups in total. The summed E-state index contributed by atoms with van der Waals surface area (Å²) in [6, 6.07) is 0. The van der Waals surface area contributed by atoms with E-state index in [1.807, 2.05) is 0 Å². The van der Waals surface area contributed by atoms with E-state index in [9.17, 15) is 26.0 Å². The van der Waals surface area contributed by atoms with Crippen LogP contribution in [0, 0.1) is 29.2 Å². The molecule has 1 aliphatic carbocycles. The summed E-state index contributed by atoms with van der Waals surface area (Å²) in [4.78, 5) is -2.94. The van der Waals surface area contributed by atoms with E-state index in [0.29, 0.717) is 12.8 Å². The van der Waals surface area contributed by atoms with Crippen molar-refractivity contribution in [2.24, 2.45) is 5.92 Å². The van der Waals surface area contributed by atoms with Gasteiger partial charge in [-0.2, -0.15) is 0 Å². The van der Waals surface area contributed by atoms with Crippen molar-refractivity contribution in [1.29, 1.82) is 0 Å². The number of sulfone groups is 1. The zero-order chi connectivity index (χ0) is 17.9. The molecule has 1 aromatic rings. The van der Waals surface area contributed by atoms with Crippen molar-refractivity contribution in [3.63, 3.8) is 0 Å². The molecule has 1 aliphatic rings. The third-order valence-corrected chi connectivity index (χ3v) is 6.37. The van der Waals surface area contributed by atoms with Gasteiger partial charge in [-0.1, -0.05) is 24.3 Å². The molecule has 0 atom stereocenters. The quantitative estimate of drug-likeness (QED) is 0.260. The van der Waals surface area contributed by atoms with Crippen LogP contribution in [0.15, 0.2) is 9.79 Å². The zero-order valence-electron chi connectivity index (χ0n) is 12.2. The van der Waals surface area contributed by atoms with Crippen molar-refractivity contribution < 1.29 is 40.6 Å². The van der Waals surface area contributed by atoms with Gasteiger partial charge in [0.15, 0.2) is 33.1 Å². The van der Waals surface area contributed by atoms with E-state index in [4.69, 9.17) is 5.26 Å². The lowest BCUT2D eigenvalue weighted by Gasteiger charge is -2.21. The largest absolute Gasteiger partial charge is 0.223 e. The first kappa shape index (κ1) is 19.4. The zero-order valence-corrected chi connectivity index (χ0v) is 13.9. The van der Waals surface area contributed by atoms with Crippen LogP contribution >= 0.6 is 12.0 Å². The summed E-state index contributed by atoms with van der Waals surface area (Å²) in [6.45, 7) is 0. The monoisotopic (exact) mass is 390 g/mol. The fraction of sp³-hybridized carbons (Fsp3) is 0.538. The van der Waals surface area contributed by atoms with Crippen molar-refractivity contribution in [3.05, 3.63) is 23.3 Å². The first-order chi connectivity index (χ1) is 11.3. The molecule has 136 valence electrons. The predicted octanol–water partition coefficient (Wildman–Crippen LogP) is 4.03. The normalized spacial score (nSPS) is 16.5. The Morgan fingerprint density at radius 3 is 2.04 bits per heavy atom. The van der Waals surface area contributed by atoms with Gasteiger partial charge in [0.1, 0.15) is 9.79 Å². The summed E-state index contributed by atoms with van der Waals surface area (Å²) in [5.74, 6) is -8.85. The van der Waals surface area contributed by atoms with E-state index in [0.717, 1.165) is 19.3 Å². The average molecular weight is 390 g/mol. The van der Waals surface area contributed by atoms with Gasteiger partial charge in [-0.3, -0.25) is 0 Å². The molecule has 1 fully saturated rings. The van der Waals surface area contributed by atoms with Crippen LogP contribution in [0.4, 0.5) is 17.6 Å². The number of halogens is 4. The van der Waals surface area contributed by atoms with E-state index < -0.39 is 48.6 Å². The van der Waals surface area contributed by atoms with Crippen molar-refractivity contribution in [1.82, 2.24) is 0 Å². The van der Waals surface area contributed by atoms with Crippen LogP contribution in [0.2, 0.25) is 0 Å². The molecule has 0 radical (unpaired) electrons. The van der Waals surface area contributed by atoms with Crippen LogP contribution in [0.1, 0.15) is 32.1 Å². The molecule has 2 rings (SSSR count). The second-order valence-electron chi connectivity index (χ2n) is 5.43. The summed E-state index contributed by atoms with van der Waals surface area (Å²) < 4.78 is 84.1. The molecule has 1 saturated carbocycles. The smallest absolute Gasteiger partial charge is 0.184 e. The molecule has 1 aromatic carbocycles. The summed E-state index contributed by atoms with van der Waals surface area (Å²) in [5.41, 5.74) is 0. The minimum atomic E-state index is -4.56. The second kappa shape index (κ2) is 8.00. The first-order valence-corrected chi connectivity index (χ1v) is 9.42. The molecule has 0 aromatic heterocycles. The SMILES string of the molecule is O=S(=O)(CC1CCCCC1)c1c(F)c(F)c(SOOO)c(F)c1F. The third kappa shape index (κ3) is 4.02. The number of hydrogen-bond acceptors (Lipinski definition) is 6. The molecule has 24 heavy (non-hydrogen) atoms. The molecular formula is C13H14F4O5S2. The van der Waals surface area contributed by atoms with Crippen LogP contribution in [-0.4, -0.2) is 19.4 Å². The molecule has 0 amide bonds. The van der Waals surface area contributed by atoms with Crippen molar-refractivity contribution in [3.8, 4) is 0 Å². The topological polar surface area (TPSA) is 72.8 Å². The fourth-order valence-corrected chi connectivity index (χ4v) is 5.00. The van der Waals surface area contributed by atoms with Gasteiger partial charge in [-0.05, 0) is 18.8 Å². The maximum atomic E-state index is 14.0. The van der Waals surface area contributed by atoms with Crippen LogP contribution < -0.4 is 0 Å². The maximum absolute atomic E-state index is 14.0. The highest BCUT2D eigenvalue weighted by Crippen LogP contribution is 2.36. The Morgan fingerprint density at radius 2 is 1.54 bits per heavy atom. The fourth-order valence-electron chi connectivity index (χ4n) is 2.73. The molecule has 0 unspecified atom stereocenters. The Balaban J connectivity index is 2.42. The van der Waals surface area contributed by atoms with Gasteiger partial charge in [0.05, 0.1) is 17.8 Å². The summed E-state index contributed by atoms with van der Waals surface area (Å²) in [7, 11) is -4.56. The van der Waals surface area contributed by atoms with Crippen molar-refractivity contribution in [2.75, 3.05) is 5.75 Å². The Kier molecular flexibility index (Phi) is 6.48. The minimum absolute atomic E-state index is 0.311. The molecule has 0 heterocycles. The van der Waals surface area contributed by atoms with Gasteiger partial charge >= 0.3 is 0 Å². The summed E-state index contributed by atoms with van der Waals surface area (Å²) in [6.07, 6.45) is 3.68. The Bertz CT molecular complexity index is 676. The minimum Gasteiger partial charge on any atom is -0.223 e. The highest BCUT2D eigenvalue weighted by Gasteiger charge is 2.35. The lowest BCUT2D eigenvalue weighted by atomic mass is 9.91. The van der Waals surface area contributed by atoms with Crippen LogP contribution in [0.5, 0.6) is 0 Å². The third-order valence-electron chi connectivity index (χ3n) is 3.82. The molecule has 11 heteroatoms. The molecular weight excluding hydrogens is 376 g/mol. The number of rotatable bonds is 6. The van der Waals surface area contributed by atoms with E-state index in [1.54, 1.807) is 0 Å². The summed E-state index contributed by atoms with van der Waals surface area (Å²) in [5, 5.41) is 11.0. The highest BCUT2D eigenvalue weighted by atomic mass is 32.2. The standard InChI is InChI=1S/C13H14F4O5S2/c14-8-10(16)13(11(17)9(15)12(8)23-22-21-18)24(19,20)6-7-4-2-1-3-5-7/h7,18H,1-6H2. The van der Waals surface area contributed by atoms with E-state index in [2.05, 4.69) is 9.37 Å². The van der Waals surface area contributed by atoms with Gasteiger partial charge in [-0.15, -0.1) is 4.33 Å². The van der Waals surface area contributed by atoms with Crippen LogP contribution in [0.3, 0.4) is 0 Å². The van der Waals surface area contributed by atoms with E-state index >= 15 is 0 Å². The number of hydrogen-bond donors (Lipinski definition) is 1. The van der Waals surface area contributed by atoms with Crippen molar-refractivity contribution in [2.45, 2.75) is 41.9 Å². The van der Waals surface area contributed by atoms with Crippen LogP contribution in [-0.2, 0) is 19.2 Å². The average Bonchev–Trinajstić information content (AvgIpc) is 2.53. The van der Waals surface area contributed by atoms with Gasteiger partial charge in [-0.25, -0.2) is 31.2 Å². The van der Waals surface area contributed by atoms with E-state index in [1.165, 1.54) is 0 Å². The summed E-state index contributed by atoms with van der Waals surface area (Å²) >= 11 is -0.340. The Labute approximate surface area is 139 Å². The first-order valence-electron chi connectivity index (χ1n) is 7.03. The van der Waals surface area contributed by atoms with Gasteiger partial charge in [0.2, 0.25) is 0 Å². The number of benzene rings is 1. The molecule has 5 nitrogen and oxygen atoms in total. The van der Waals surface area contributed by atoms with Gasteiger partial charge in [0.25, 0.3) is 0 Å². The Morgan fingerprint density at radius 1 is 1.00 bits per heavy atom.